The molecule has 27 heavy (non-hydrogen) atoms. The Morgan fingerprint density at radius 2 is 2.11 bits per heavy atom. The zero-order chi connectivity index (χ0) is 19.2. The number of nitrogens with zero attached hydrogens (tertiary/aromatic N) is 3. The maximum atomic E-state index is 12.5. The number of nitrogens with two attached hydrogens (primary N) is 1. The summed E-state index contributed by atoms with van der Waals surface area (Å²) in [5.41, 5.74) is 6.29. The zero-order valence-electron chi connectivity index (χ0n) is 14.9. The summed E-state index contributed by atoms with van der Waals surface area (Å²) in [6.07, 6.45) is 2.46. The van der Waals surface area contributed by atoms with Gasteiger partial charge < -0.3 is 20.7 Å². The number of carbonyl (C=O) groups excluding carboxylic acids is 2. The normalized spacial score (nSPS) is 16.8. The number of amides is 2. The van der Waals surface area contributed by atoms with Crippen molar-refractivity contribution in [1.82, 2.24) is 15.1 Å². The predicted molar refractivity (Wildman–Crippen MR) is 105 cm³/mol. The van der Waals surface area contributed by atoms with Crippen LogP contribution >= 0.6 is 23.1 Å². The van der Waals surface area contributed by atoms with Crippen molar-refractivity contribution in [1.29, 1.82) is 0 Å². The molecule has 0 unspecified atom stereocenters. The lowest BCUT2D eigenvalue weighted by molar-refractivity contribution is -0.138. The molecule has 0 saturated carbocycles. The number of thioether (sulfide) groups is 1. The number of ether oxygens (including phenoxy) is 1. The van der Waals surface area contributed by atoms with Crippen molar-refractivity contribution in [2.24, 2.45) is 5.73 Å². The molecule has 144 valence electrons. The molecule has 0 radical (unpaired) electrons. The van der Waals surface area contributed by atoms with Crippen molar-refractivity contribution in [3.8, 4) is 5.75 Å². The first-order valence-corrected chi connectivity index (χ1v) is 10.3. The lowest BCUT2D eigenvalue weighted by atomic mass is 10.0. The Kier molecular flexibility index (Phi) is 6.51. The summed E-state index contributed by atoms with van der Waals surface area (Å²) < 4.78 is 5.82. The van der Waals surface area contributed by atoms with Crippen LogP contribution in [0.4, 0.5) is 10.8 Å². The van der Waals surface area contributed by atoms with Crippen LogP contribution in [0.15, 0.2) is 28.6 Å². The number of methoxy groups -OCH3 is 1. The number of hydrogen-bond acceptors (Lipinski definition) is 8. The van der Waals surface area contributed by atoms with Crippen LogP contribution in [-0.4, -0.2) is 52.4 Å². The second-order valence-corrected chi connectivity index (χ2v) is 8.22. The van der Waals surface area contributed by atoms with E-state index in [-0.39, 0.29) is 11.7 Å². The number of benzene rings is 1. The fraction of sp³-hybridized carbons (Fsp3) is 0.412. The molecule has 1 aliphatic rings. The lowest BCUT2D eigenvalue weighted by Gasteiger charge is -2.33. The van der Waals surface area contributed by atoms with Gasteiger partial charge in [-0.25, -0.2) is 0 Å². The molecule has 10 heteroatoms. The SMILES string of the molecule is COc1ccc(Nc2nnc(SCC(=O)N3CCCC[C@H]3C(N)=O)s2)cc1. The minimum Gasteiger partial charge on any atom is -0.497 e. The van der Waals surface area contributed by atoms with Crippen LogP contribution in [0.3, 0.4) is 0 Å². The molecule has 1 aliphatic heterocycles. The van der Waals surface area contributed by atoms with E-state index in [2.05, 4.69) is 15.5 Å². The van der Waals surface area contributed by atoms with Crippen LogP contribution in [0.5, 0.6) is 5.75 Å². The summed E-state index contributed by atoms with van der Waals surface area (Å²) in [5.74, 6) is 0.457. The van der Waals surface area contributed by atoms with Crippen molar-refractivity contribution in [3.05, 3.63) is 24.3 Å². The molecule has 1 saturated heterocycles. The molecular formula is C17H21N5O3S2. The number of likely N-dealkylation sites (tertiary alicyclic amines) is 1. The zero-order valence-corrected chi connectivity index (χ0v) is 16.5. The summed E-state index contributed by atoms with van der Waals surface area (Å²) in [7, 11) is 1.62. The average Bonchev–Trinajstić information content (AvgIpc) is 3.14. The van der Waals surface area contributed by atoms with Gasteiger partial charge in [-0.3, -0.25) is 9.59 Å². The molecule has 1 fully saturated rings. The highest BCUT2D eigenvalue weighted by molar-refractivity contribution is 8.01. The number of nitrogens with one attached hydrogen (secondary N) is 1. The highest BCUT2D eigenvalue weighted by atomic mass is 32.2. The van der Waals surface area contributed by atoms with E-state index in [0.717, 1.165) is 24.3 Å². The Bertz CT molecular complexity index is 796. The maximum absolute atomic E-state index is 12.5. The molecule has 0 aliphatic carbocycles. The summed E-state index contributed by atoms with van der Waals surface area (Å²) in [6, 6.07) is 6.98. The Hall–Kier alpha value is -2.33. The predicted octanol–water partition coefficient (Wildman–Crippen LogP) is 2.25. The smallest absolute Gasteiger partial charge is 0.240 e. The monoisotopic (exact) mass is 407 g/mol. The third-order valence-corrected chi connectivity index (χ3v) is 6.18. The molecular weight excluding hydrogens is 386 g/mol. The van der Waals surface area contributed by atoms with Crippen molar-refractivity contribution in [2.75, 3.05) is 24.7 Å². The second kappa shape index (κ2) is 9.05. The third-order valence-electron chi connectivity index (χ3n) is 4.22. The Labute approximate surface area is 165 Å². The standard InChI is InChI=1S/C17H21N5O3S2/c1-25-12-7-5-11(6-8-12)19-16-20-21-17(27-16)26-10-14(23)22-9-3-2-4-13(22)15(18)24/h5-8,13H,2-4,9-10H2,1H3,(H2,18,24)(H,19,20)/t13-/m0/s1. The molecule has 8 nitrogen and oxygen atoms in total. The number of hydrogen-bond donors (Lipinski definition) is 2. The average molecular weight is 408 g/mol. The van der Waals surface area contributed by atoms with Crippen LogP contribution in [0.1, 0.15) is 19.3 Å². The van der Waals surface area contributed by atoms with Crippen LogP contribution in [0.2, 0.25) is 0 Å². The van der Waals surface area contributed by atoms with Gasteiger partial charge >= 0.3 is 0 Å². The van der Waals surface area contributed by atoms with Gasteiger partial charge in [0.25, 0.3) is 0 Å². The maximum Gasteiger partial charge on any atom is 0.240 e. The van der Waals surface area contributed by atoms with Crippen LogP contribution < -0.4 is 15.8 Å². The third kappa shape index (κ3) is 5.10. The molecule has 2 aromatic rings. The van der Waals surface area contributed by atoms with Gasteiger partial charge in [-0.1, -0.05) is 23.1 Å². The number of piperidine rings is 1. The Morgan fingerprint density at radius 3 is 2.81 bits per heavy atom. The van der Waals surface area contributed by atoms with Gasteiger partial charge in [0.1, 0.15) is 11.8 Å². The van der Waals surface area contributed by atoms with E-state index in [1.807, 2.05) is 24.3 Å². The molecule has 3 rings (SSSR count). The van der Waals surface area contributed by atoms with E-state index < -0.39 is 11.9 Å². The van der Waals surface area contributed by atoms with E-state index >= 15 is 0 Å². The molecule has 1 aromatic carbocycles. The lowest BCUT2D eigenvalue weighted by Crippen LogP contribution is -2.51. The number of rotatable bonds is 7. The van der Waals surface area contributed by atoms with E-state index in [1.165, 1.54) is 23.1 Å². The van der Waals surface area contributed by atoms with E-state index in [1.54, 1.807) is 12.0 Å². The molecule has 0 spiro atoms. The minimum absolute atomic E-state index is 0.0941. The van der Waals surface area contributed by atoms with Crippen molar-refractivity contribution in [3.63, 3.8) is 0 Å². The molecule has 2 heterocycles. The second-order valence-electron chi connectivity index (χ2n) is 6.02. The van der Waals surface area contributed by atoms with Gasteiger partial charge in [-0.15, -0.1) is 10.2 Å². The highest BCUT2D eigenvalue weighted by Crippen LogP contribution is 2.29. The minimum atomic E-state index is -0.492. The molecule has 1 atom stereocenters. The van der Waals surface area contributed by atoms with Gasteiger partial charge in [-0.05, 0) is 43.5 Å². The van der Waals surface area contributed by atoms with E-state index in [9.17, 15) is 9.59 Å². The first kappa shape index (κ1) is 19.4. The summed E-state index contributed by atoms with van der Waals surface area (Å²) in [6.45, 7) is 0.577. The van der Waals surface area contributed by atoms with Crippen molar-refractivity contribution in [2.45, 2.75) is 29.6 Å². The van der Waals surface area contributed by atoms with Crippen molar-refractivity contribution < 1.29 is 14.3 Å². The summed E-state index contributed by atoms with van der Waals surface area (Å²) >= 11 is 2.68. The fourth-order valence-electron chi connectivity index (χ4n) is 2.85. The first-order valence-electron chi connectivity index (χ1n) is 8.53. The van der Waals surface area contributed by atoms with E-state index in [4.69, 9.17) is 10.5 Å². The number of anilines is 2. The molecule has 3 N–H and O–H groups in total. The molecule has 0 bridgehead atoms. The molecule has 2 amide bonds. The largest absolute Gasteiger partial charge is 0.497 e. The van der Waals surface area contributed by atoms with Gasteiger partial charge in [0.05, 0.1) is 12.9 Å². The quantitative estimate of drug-likeness (QED) is 0.677. The topological polar surface area (TPSA) is 110 Å². The van der Waals surface area contributed by atoms with Gasteiger partial charge in [0, 0.05) is 12.2 Å². The van der Waals surface area contributed by atoms with Crippen LogP contribution in [0, 0.1) is 0 Å². The van der Waals surface area contributed by atoms with Gasteiger partial charge in [-0.2, -0.15) is 0 Å². The van der Waals surface area contributed by atoms with Gasteiger partial charge in [0.15, 0.2) is 4.34 Å². The fourth-order valence-corrected chi connectivity index (χ4v) is 4.51. The van der Waals surface area contributed by atoms with Crippen molar-refractivity contribution >= 4 is 45.7 Å². The Morgan fingerprint density at radius 1 is 1.33 bits per heavy atom. The van der Waals surface area contributed by atoms with E-state index in [0.29, 0.717) is 22.4 Å². The number of aromatic nitrogens is 2. The van der Waals surface area contributed by atoms with Gasteiger partial charge in [0.2, 0.25) is 16.9 Å². The number of carbonyl (C=O) groups is 2. The molecule has 1 aromatic heterocycles. The first-order chi connectivity index (χ1) is 13.1. The Balaban J connectivity index is 1.54. The van der Waals surface area contributed by atoms with Crippen LogP contribution in [0.25, 0.3) is 0 Å². The summed E-state index contributed by atoms with van der Waals surface area (Å²) in [5, 5.41) is 12.0. The van der Waals surface area contributed by atoms with Crippen LogP contribution in [-0.2, 0) is 9.59 Å². The highest BCUT2D eigenvalue weighted by Gasteiger charge is 2.30. The number of primary amides is 1. The summed E-state index contributed by atoms with van der Waals surface area (Å²) in [4.78, 5) is 25.6.